The van der Waals surface area contributed by atoms with Crippen LogP contribution >= 0.6 is 19.8 Å². The monoisotopic (exact) mass is 492 g/mol. The number of halogens is 1. The molecular weight excluding hydrogens is 459 g/mol. The van der Waals surface area contributed by atoms with E-state index < -0.39 is 37.6 Å². The normalized spacial score (nSPS) is 26.3. The Kier molecular flexibility index (Phi) is 7.08. The van der Waals surface area contributed by atoms with Gasteiger partial charge >= 0.3 is 169 Å². The Morgan fingerprint density at radius 2 is 1.74 bits per heavy atom. The van der Waals surface area contributed by atoms with E-state index in [1.54, 1.807) is 0 Å². The molecule has 0 spiro atoms. The van der Waals surface area contributed by atoms with Crippen molar-refractivity contribution >= 4 is 41.2 Å². The van der Waals surface area contributed by atoms with E-state index in [1.165, 1.54) is 0 Å². The molecular formula is C20H33IN2O4. The Balaban J connectivity index is 2.14. The number of rotatable bonds is 8. The van der Waals surface area contributed by atoms with Gasteiger partial charge in [-0.2, -0.15) is 0 Å². The molecule has 3 N–H and O–H groups in total. The Labute approximate surface area is 169 Å². The molecule has 27 heavy (non-hydrogen) atoms. The van der Waals surface area contributed by atoms with Crippen molar-refractivity contribution in [2.75, 3.05) is 4.43 Å². The molecule has 0 aromatic heterocycles. The van der Waals surface area contributed by atoms with Gasteiger partial charge in [-0.1, -0.05) is 0 Å². The maximum absolute atomic E-state index is 13.1. The molecule has 7 heteroatoms. The number of nitrogens with one attached hydrogen (secondary N) is 1. The molecule has 154 valence electrons. The van der Waals surface area contributed by atoms with E-state index in [0.717, 1.165) is 23.7 Å². The van der Waals surface area contributed by atoms with Crippen LogP contribution in [0.2, 0.25) is 0 Å². The molecule has 1 unspecified atom stereocenters. The number of amides is 2. The number of primary amides is 1. The first-order valence-corrected chi connectivity index (χ1v) is 13.6. The number of alkyl halides is 2. The van der Waals surface area contributed by atoms with E-state index in [-0.39, 0.29) is 30.9 Å². The third-order valence-electron chi connectivity index (χ3n) is 5.82. The summed E-state index contributed by atoms with van der Waals surface area (Å²) in [6.07, 6.45) is 3.37. The van der Waals surface area contributed by atoms with Crippen molar-refractivity contribution in [1.29, 1.82) is 0 Å². The SMILES string of the molecule is C[C@H](C(=O)I1CC[C@H](C)[C@H]1C(=O)NC(CC1CC1)C(=O)C(N)=O)C(C)(C)C. The second-order valence-electron chi connectivity index (χ2n) is 9.11. The number of nitrogens with two attached hydrogens (primary N) is 1. The van der Waals surface area contributed by atoms with E-state index in [9.17, 15) is 19.2 Å². The summed E-state index contributed by atoms with van der Waals surface area (Å²) in [6.45, 7) is 10.1. The topological polar surface area (TPSA) is 106 Å². The zero-order valence-electron chi connectivity index (χ0n) is 17.0. The standard InChI is InChI=1S/C20H33IN2O4/c1-11-8-9-21(17(25)12(2)20(3,4)5)15(11)19(27)23-14(10-13-6-7-13)16(24)18(22)26/h11-15H,6-10H2,1-5H3,(H2,22,26)(H,23,27)/t11-,12+,14?,15-/m0/s1. The zero-order chi connectivity index (χ0) is 20.5. The quantitative estimate of drug-likeness (QED) is 0.235. The number of carbonyl (C=O) groups excluding carboxylic acids is 4. The molecule has 0 radical (unpaired) electrons. The average Bonchev–Trinajstić information content (AvgIpc) is 3.30. The van der Waals surface area contributed by atoms with Gasteiger partial charge in [0.2, 0.25) is 0 Å². The first-order chi connectivity index (χ1) is 12.4. The molecule has 4 atom stereocenters. The van der Waals surface area contributed by atoms with E-state index in [1.807, 2.05) is 13.8 Å². The van der Waals surface area contributed by atoms with Crippen molar-refractivity contribution in [2.24, 2.45) is 28.9 Å². The predicted octanol–water partition coefficient (Wildman–Crippen LogP) is 2.45. The summed E-state index contributed by atoms with van der Waals surface area (Å²) in [5.74, 6) is -1.53. The first-order valence-electron chi connectivity index (χ1n) is 9.75. The van der Waals surface area contributed by atoms with Gasteiger partial charge in [-0.15, -0.1) is 0 Å². The van der Waals surface area contributed by atoms with Crippen LogP contribution in [0.15, 0.2) is 0 Å². The van der Waals surface area contributed by atoms with Gasteiger partial charge in [0.25, 0.3) is 0 Å². The summed E-state index contributed by atoms with van der Waals surface area (Å²) in [7, 11) is 0. The molecule has 2 aliphatic rings. The van der Waals surface area contributed by atoms with Crippen LogP contribution in [-0.2, 0) is 19.2 Å². The summed E-state index contributed by atoms with van der Waals surface area (Å²) in [6, 6.07) is -0.844. The minimum absolute atomic E-state index is 0.0854. The number of hydrogen-bond acceptors (Lipinski definition) is 4. The van der Waals surface area contributed by atoms with Crippen LogP contribution in [0.1, 0.15) is 60.3 Å². The van der Waals surface area contributed by atoms with Gasteiger partial charge in [-0.25, -0.2) is 0 Å². The molecule has 0 aromatic rings. The maximum atomic E-state index is 13.1. The van der Waals surface area contributed by atoms with Crippen LogP contribution in [0.25, 0.3) is 0 Å². The van der Waals surface area contributed by atoms with E-state index in [0.29, 0.717) is 12.3 Å². The van der Waals surface area contributed by atoms with E-state index in [4.69, 9.17) is 5.73 Å². The summed E-state index contributed by atoms with van der Waals surface area (Å²) in [5.41, 5.74) is 5.04. The molecule has 2 fully saturated rings. The fourth-order valence-corrected chi connectivity index (χ4v) is 11.6. The molecule has 1 heterocycles. The van der Waals surface area contributed by atoms with Gasteiger partial charge in [0.1, 0.15) is 0 Å². The Morgan fingerprint density at radius 1 is 1.15 bits per heavy atom. The Bertz CT molecular complexity index is 624. The number of hydrogen-bond donors (Lipinski definition) is 2. The van der Waals surface area contributed by atoms with Crippen molar-refractivity contribution in [3.8, 4) is 0 Å². The third-order valence-corrected chi connectivity index (χ3v) is 13.3. The molecule has 1 saturated carbocycles. The van der Waals surface area contributed by atoms with Crippen LogP contribution in [-0.4, -0.2) is 35.8 Å². The minimum atomic E-state index is -2.19. The van der Waals surface area contributed by atoms with Crippen LogP contribution in [0, 0.1) is 23.2 Å². The molecule has 6 nitrogen and oxygen atoms in total. The van der Waals surface area contributed by atoms with E-state index in [2.05, 4.69) is 26.1 Å². The Hall–Kier alpha value is -0.990. The predicted molar refractivity (Wildman–Crippen MR) is 114 cm³/mol. The van der Waals surface area contributed by atoms with Crippen molar-refractivity contribution in [3.63, 3.8) is 0 Å². The van der Waals surface area contributed by atoms with Gasteiger partial charge in [-0.3, -0.25) is 0 Å². The van der Waals surface area contributed by atoms with Gasteiger partial charge in [-0.05, 0) is 0 Å². The average molecular weight is 492 g/mol. The van der Waals surface area contributed by atoms with Crippen molar-refractivity contribution < 1.29 is 19.2 Å². The molecule has 0 aromatic carbocycles. The van der Waals surface area contributed by atoms with Crippen molar-refractivity contribution in [3.05, 3.63) is 0 Å². The summed E-state index contributed by atoms with van der Waals surface area (Å²) < 4.78 is 0.824. The molecule has 2 rings (SSSR count). The fourth-order valence-electron chi connectivity index (χ4n) is 3.29. The number of Topliss-reactive ketones (excluding diaryl/α,β-unsaturated/α-hetero) is 1. The first kappa shape index (κ1) is 22.3. The van der Waals surface area contributed by atoms with Gasteiger partial charge in [0.15, 0.2) is 0 Å². The van der Waals surface area contributed by atoms with Gasteiger partial charge in [0.05, 0.1) is 0 Å². The zero-order valence-corrected chi connectivity index (χ0v) is 19.2. The summed E-state index contributed by atoms with van der Waals surface area (Å²) in [4.78, 5) is 49.7. The van der Waals surface area contributed by atoms with Gasteiger partial charge in [0, 0.05) is 0 Å². The van der Waals surface area contributed by atoms with Crippen LogP contribution in [0.5, 0.6) is 0 Å². The fraction of sp³-hybridized carbons (Fsp3) is 0.800. The van der Waals surface area contributed by atoms with Crippen molar-refractivity contribution in [2.45, 2.75) is 70.3 Å². The molecule has 1 saturated heterocycles. The van der Waals surface area contributed by atoms with Crippen LogP contribution in [0.3, 0.4) is 0 Å². The Morgan fingerprint density at radius 3 is 2.22 bits per heavy atom. The van der Waals surface area contributed by atoms with E-state index >= 15 is 0 Å². The molecule has 0 bridgehead atoms. The van der Waals surface area contributed by atoms with Crippen molar-refractivity contribution in [1.82, 2.24) is 5.32 Å². The molecule has 1 aliphatic heterocycles. The second-order valence-corrected chi connectivity index (χ2v) is 14.9. The van der Waals surface area contributed by atoms with Gasteiger partial charge < -0.3 is 0 Å². The number of ketones is 1. The number of carbonyl (C=O) groups is 4. The second kappa shape index (κ2) is 8.57. The summed E-state index contributed by atoms with van der Waals surface area (Å²) >= 11 is -2.19. The molecule has 1 aliphatic carbocycles. The van der Waals surface area contributed by atoms with Crippen LogP contribution < -0.4 is 11.1 Å². The van der Waals surface area contributed by atoms with Crippen LogP contribution in [0.4, 0.5) is 0 Å². The third kappa shape index (κ3) is 5.51. The summed E-state index contributed by atoms with van der Waals surface area (Å²) in [5, 5.41) is 2.80. The molecule has 2 amide bonds.